The average Bonchev–Trinajstić information content (AvgIpc) is 2.67. The van der Waals surface area contributed by atoms with Gasteiger partial charge in [-0.3, -0.25) is 0 Å². The SMILES string of the molecule is COc1cc(OC)nc(SC(/C=N/NS(=O)(=O)c2ccccc2)C(C)C)n1. The van der Waals surface area contributed by atoms with E-state index in [1.54, 1.807) is 24.3 Å². The summed E-state index contributed by atoms with van der Waals surface area (Å²) in [5, 5.41) is 4.20. The molecule has 1 aromatic carbocycles. The first-order chi connectivity index (χ1) is 12.9. The Hall–Kier alpha value is -2.33. The summed E-state index contributed by atoms with van der Waals surface area (Å²) in [5.74, 6) is 0.919. The summed E-state index contributed by atoms with van der Waals surface area (Å²) >= 11 is 1.34. The molecule has 0 saturated heterocycles. The molecule has 0 bridgehead atoms. The molecule has 27 heavy (non-hydrogen) atoms. The van der Waals surface area contributed by atoms with Crippen molar-refractivity contribution in [1.29, 1.82) is 0 Å². The van der Waals surface area contributed by atoms with Crippen LogP contribution in [0.5, 0.6) is 11.8 Å². The molecule has 0 radical (unpaired) electrons. The molecular formula is C17H22N4O4S2. The molecule has 0 aliphatic heterocycles. The van der Waals surface area contributed by atoms with E-state index in [2.05, 4.69) is 19.9 Å². The molecule has 2 rings (SSSR count). The Morgan fingerprint density at radius 3 is 2.22 bits per heavy atom. The summed E-state index contributed by atoms with van der Waals surface area (Å²) < 4.78 is 34.7. The maximum atomic E-state index is 12.2. The van der Waals surface area contributed by atoms with E-state index < -0.39 is 10.0 Å². The third-order valence-electron chi connectivity index (χ3n) is 3.42. The fourth-order valence-electron chi connectivity index (χ4n) is 1.93. The average molecular weight is 411 g/mol. The van der Waals surface area contributed by atoms with Crippen molar-refractivity contribution in [2.45, 2.75) is 29.1 Å². The largest absolute Gasteiger partial charge is 0.481 e. The number of hydrogen-bond donors (Lipinski definition) is 1. The van der Waals surface area contributed by atoms with Crippen LogP contribution in [-0.2, 0) is 10.0 Å². The van der Waals surface area contributed by atoms with E-state index in [1.165, 1.54) is 44.3 Å². The summed E-state index contributed by atoms with van der Waals surface area (Å²) in [7, 11) is -0.684. The second-order valence-electron chi connectivity index (χ2n) is 5.75. The van der Waals surface area contributed by atoms with Gasteiger partial charge in [-0.2, -0.15) is 23.5 Å². The van der Waals surface area contributed by atoms with Gasteiger partial charge in [-0.25, -0.2) is 4.83 Å². The zero-order chi connectivity index (χ0) is 19.9. The highest BCUT2D eigenvalue weighted by Crippen LogP contribution is 2.27. The van der Waals surface area contributed by atoms with Crippen molar-refractivity contribution < 1.29 is 17.9 Å². The normalized spacial score (nSPS) is 12.9. The first kappa shape index (κ1) is 21.0. The Morgan fingerprint density at radius 1 is 1.11 bits per heavy atom. The molecule has 0 amide bonds. The molecule has 0 aliphatic rings. The Labute approximate surface area is 163 Å². The predicted molar refractivity (Wildman–Crippen MR) is 105 cm³/mol. The maximum Gasteiger partial charge on any atom is 0.276 e. The first-order valence-electron chi connectivity index (χ1n) is 8.09. The van der Waals surface area contributed by atoms with Crippen molar-refractivity contribution in [3.05, 3.63) is 36.4 Å². The van der Waals surface area contributed by atoms with Crippen LogP contribution in [0.25, 0.3) is 0 Å². The third kappa shape index (κ3) is 6.10. The number of thioether (sulfide) groups is 1. The lowest BCUT2D eigenvalue weighted by molar-refractivity contribution is 0.364. The van der Waals surface area contributed by atoms with E-state index in [4.69, 9.17) is 9.47 Å². The number of aromatic nitrogens is 2. The minimum Gasteiger partial charge on any atom is -0.481 e. The molecule has 8 nitrogen and oxygen atoms in total. The predicted octanol–water partition coefficient (Wildman–Crippen LogP) is 2.57. The van der Waals surface area contributed by atoms with Gasteiger partial charge < -0.3 is 9.47 Å². The number of rotatable bonds is 9. The smallest absolute Gasteiger partial charge is 0.276 e. The minimum absolute atomic E-state index is 0.150. The second kappa shape index (κ2) is 9.56. The van der Waals surface area contributed by atoms with E-state index in [-0.39, 0.29) is 16.1 Å². The van der Waals surface area contributed by atoms with Crippen LogP contribution in [0.3, 0.4) is 0 Å². The third-order valence-corrected chi connectivity index (χ3v) is 5.99. The zero-order valence-electron chi connectivity index (χ0n) is 15.5. The van der Waals surface area contributed by atoms with Gasteiger partial charge >= 0.3 is 0 Å². The summed E-state index contributed by atoms with van der Waals surface area (Å²) in [6.45, 7) is 3.99. The van der Waals surface area contributed by atoms with Gasteiger partial charge in [0, 0.05) is 6.21 Å². The highest BCUT2D eigenvalue weighted by molar-refractivity contribution is 8.00. The van der Waals surface area contributed by atoms with Gasteiger partial charge in [0.1, 0.15) is 0 Å². The Bertz CT molecular complexity index is 852. The van der Waals surface area contributed by atoms with Gasteiger partial charge in [0.2, 0.25) is 11.8 Å². The maximum absolute atomic E-state index is 12.2. The number of benzene rings is 1. The number of hydrazone groups is 1. The van der Waals surface area contributed by atoms with Gasteiger partial charge in [-0.1, -0.05) is 43.8 Å². The summed E-state index contributed by atoms with van der Waals surface area (Å²) in [6.07, 6.45) is 1.53. The van der Waals surface area contributed by atoms with Crippen molar-refractivity contribution in [3.63, 3.8) is 0 Å². The van der Waals surface area contributed by atoms with Crippen LogP contribution in [0.15, 0.2) is 51.6 Å². The molecule has 1 N–H and O–H groups in total. The fourth-order valence-corrected chi connectivity index (χ4v) is 3.67. The number of nitrogens with zero attached hydrogens (tertiary/aromatic N) is 3. The molecule has 10 heteroatoms. The zero-order valence-corrected chi connectivity index (χ0v) is 17.1. The van der Waals surface area contributed by atoms with Crippen LogP contribution in [0.1, 0.15) is 13.8 Å². The lowest BCUT2D eigenvalue weighted by Crippen LogP contribution is -2.21. The molecule has 1 atom stereocenters. The quantitative estimate of drug-likeness (QED) is 0.293. The Kier molecular flexibility index (Phi) is 7.43. The molecule has 0 saturated carbocycles. The first-order valence-corrected chi connectivity index (χ1v) is 10.5. The van der Waals surface area contributed by atoms with Crippen LogP contribution in [0, 0.1) is 5.92 Å². The number of ether oxygens (including phenoxy) is 2. The molecule has 2 aromatic rings. The van der Waals surface area contributed by atoms with Gasteiger partial charge in [0.25, 0.3) is 10.0 Å². The second-order valence-corrected chi connectivity index (χ2v) is 8.55. The van der Waals surface area contributed by atoms with Crippen LogP contribution in [-0.4, -0.2) is 44.1 Å². The number of nitrogens with one attached hydrogen (secondary N) is 1. The molecule has 1 aromatic heterocycles. The molecule has 0 fully saturated rings. The van der Waals surface area contributed by atoms with Crippen molar-refractivity contribution in [3.8, 4) is 11.8 Å². The molecule has 1 heterocycles. The van der Waals surface area contributed by atoms with Gasteiger partial charge in [-0.15, -0.1) is 0 Å². The Morgan fingerprint density at radius 2 is 1.70 bits per heavy atom. The summed E-state index contributed by atoms with van der Waals surface area (Å²) in [5.41, 5.74) is 0. The number of sulfonamides is 1. The lowest BCUT2D eigenvalue weighted by Gasteiger charge is -2.15. The van der Waals surface area contributed by atoms with Crippen LogP contribution < -0.4 is 14.3 Å². The highest BCUT2D eigenvalue weighted by atomic mass is 32.2. The van der Waals surface area contributed by atoms with Gasteiger partial charge in [0.15, 0.2) is 5.16 Å². The van der Waals surface area contributed by atoms with Crippen molar-refractivity contribution in [1.82, 2.24) is 14.8 Å². The van der Waals surface area contributed by atoms with Crippen LogP contribution in [0.4, 0.5) is 0 Å². The van der Waals surface area contributed by atoms with E-state index in [0.29, 0.717) is 16.9 Å². The molecule has 1 unspecified atom stereocenters. The van der Waals surface area contributed by atoms with Crippen LogP contribution in [0.2, 0.25) is 0 Å². The van der Waals surface area contributed by atoms with E-state index in [0.717, 1.165) is 0 Å². The molecule has 146 valence electrons. The standard InChI is InChI=1S/C17H22N4O4S2/c1-12(2)14(26-17-19-15(24-3)10-16(20-17)25-4)11-18-21-27(22,23)13-8-6-5-7-9-13/h5-12,14,21H,1-4H3/b18-11+. The van der Waals surface area contributed by atoms with Crippen molar-refractivity contribution in [2.75, 3.05) is 14.2 Å². The molecule has 0 aliphatic carbocycles. The highest BCUT2D eigenvalue weighted by Gasteiger charge is 2.17. The van der Waals surface area contributed by atoms with Gasteiger partial charge in [-0.05, 0) is 18.1 Å². The topological polar surface area (TPSA) is 103 Å². The van der Waals surface area contributed by atoms with Crippen molar-refractivity contribution >= 4 is 28.0 Å². The van der Waals surface area contributed by atoms with E-state index >= 15 is 0 Å². The van der Waals surface area contributed by atoms with Crippen molar-refractivity contribution in [2.24, 2.45) is 11.0 Å². The number of hydrogen-bond acceptors (Lipinski definition) is 8. The van der Waals surface area contributed by atoms with Crippen LogP contribution >= 0.6 is 11.8 Å². The summed E-state index contributed by atoms with van der Waals surface area (Å²) in [4.78, 5) is 10.9. The van der Waals surface area contributed by atoms with Gasteiger partial charge in [0.05, 0.1) is 30.4 Å². The number of methoxy groups -OCH3 is 2. The Balaban J connectivity index is 2.13. The monoisotopic (exact) mass is 410 g/mol. The van der Waals surface area contributed by atoms with E-state index in [9.17, 15) is 8.42 Å². The molecule has 0 spiro atoms. The molecular weight excluding hydrogens is 388 g/mol. The van der Waals surface area contributed by atoms with E-state index in [1.807, 2.05) is 13.8 Å². The minimum atomic E-state index is -3.70. The summed E-state index contributed by atoms with van der Waals surface area (Å²) in [6, 6.07) is 9.63. The fraction of sp³-hybridized carbons (Fsp3) is 0.353. The lowest BCUT2D eigenvalue weighted by atomic mass is 10.1.